The summed E-state index contributed by atoms with van der Waals surface area (Å²) in [5.74, 6) is 2.03. The molecule has 0 aliphatic rings. The van der Waals surface area contributed by atoms with E-state index in [9.17, 15) is 4.79 Å². The fourth-order valence-corrected chi connectivity index (χ4v) is 3.72. The second-order valence-electron chi connectivity index (χ2n) is 8.20. The van der Waals surface area contributed by atoms with Gasteiger partial charge in [0.1, 0.15) is 23.9 Å². The van der Waals surface area contributed by atoms with Crippen molar-refractivity contribution in [2.75, 3.05) is 13.1 Å². The highest BCUT2D eigenvalue weighted by molar-refractivity contribution is 5.97. The van der Waals surface area contributed by atoms with Crippen LogP contribution < -0.4 is 15.2 Å². The zero-order valence-corrected chi connectivity index (χ0v) is 19.7. The molecular formula is C30H30N2O3. The number of benzene rings is 4. The van der Waals surface area contributed by atoms with Gasteiger partial charge in [-0.15, -0.1) is 0 Å². The zero-order valence-electron chi connectivity index (χ0n) is 19.7. The van der Waals surface area contributed by atoms with E-state index in [0.717, 1.165) is 22.6 Å². The van der Waals surface area contributed by atoms with Crippen molar-refractivity contribution in [2.24, 2.45) is 5.73 Å². The Balaban J connectivity index is 1.47. The smallest absolute Gasteiger partial charge is 0.257 e. The number of para-hydroxylation sites is 2. The molecule has 35 heavy (non-hydrogen) atoms. The molecule has 1 amide bonds. The SMILES string of the molecule is NCCCN(Cc1ccc(Oc2ccccc2)cc1)C(=O)c1ccccc1OCc1ccccc1. The van der Waals surface area contributed by atoms with Crippen LogP contribution in [0, 0.1) is 0 Å². The summed E-state index contributed by atoms with van der Waals surface area (Å²) in [6, 6.07) is 34.8. The molecule has 0 aromatic heterocycles. The van der Waals surface area contributed by atoms with E-state index in [4.69, 9.17) is 15.2 Å². The first kappa shape index (κ1) is 24.0. The highest BCUT2D eigenvalue weighted by Gasteiger charge is 2.20. The fourth-order valence-electron chi connectivity index (χ4n) is 3.72. The Kier molecular flexibility index (Phi) is 8.52. The summed E-state index contributed by atoms with van der Waals surface area (Å²) >= 11 is 0. The predicted molar refractivity (Wildman–Crippen MR) is 139 cm³/mol. The minimum Gasteiger partial charge on any atom is -0.488 e. The van der Waals surface area contributed by atoms with Crippen LogP contribution in [-0.2, 0) is 13.2 Å². The molecule has 5 nitrogen and oxygen atoms in total. The molecule has 178 valence electrons. The van der Waals surface area contributed by atoms with Crippen LogP contribution >= 0.6 is 0 Å². The Hall–Kier alpha value is -4.09. The minimum absolute atomic E-state index is 0.0771. The molecule has 0 bridgehead atoms. The maximum Gasteiger partial charge on any atom is 0.257 e. The molecule has 0 aliphatic carbocycles. The quantitative estimate of drug-likeness (QED) is 0.292. The molecule has 0 saturated heterocycles. The van der Waals surface area contributed by atoms with Crippen molar-refractivity contribution >= 4 is 5.91 Å². The van der Waals surface area contributed by atoms with Crippen molar-refractivity contribution in [1.82, 2.24) is 4.90 Å². The van der Waals surface area contributed by atoms with Gasteiger partial charge in [0.25, 0.3) is 5.91 Å². The van der Waals surface area contributed by atoms with Gasteiger partial charge < -0.3 is 20.1 Å². The molecule has 0 saturated carbocycles. The van der Waals surface area contributed by atoms with E-state index in [-0.39, 0.29) is 5.91 Å². The molecule has 4 aromatic carbocycles. The van der Waals surface area contributed by atoms with Crippen molar-refractivity contribution in [1.29, 1.82) is 0 Å². The number of amides is 1. The number of nitrogens with two attached hydrogens (primary N) is 1. The van der Waals surface area contributed by atoms with Crippen LogP contribution in [0.5, 0.6) is 17.2 Å². The van der Waals surface area contributed by atoms with E-state index in [2.05, 4.69) is 0 Å². The molecule has 0 fully saturated rings. The summed E-state index contributed by atoms with van der Waals surface area (Å²) in [6.45, 7) is 1.94. The van der Waals surface area contributed by atoms with Crippen molar-refractivity contribution in [3.05, 3.63) is 126 Å². The van der Waals surface area contributed by atoms with Gasteiger partial charge in [0.05, 0.1) is 5.56 Å². The molecule has 0 atom stereocenters. The first-order valence-electron chi connectivity index (χ1n) is 11.8. The predicted octanol–water partition coefficient (Wildman–Crippen LogP) is 6.05. The Morgan fingerprint density at radius 1 is 0.714 bits per heavy atom. The van der Waals surface area contributed by atoms with Crippen molar-refractivity contribution in [3.63, 3.8) is 0 Å². The molecule has 0 aliphatic heterocycles. The van der Waals surface area contributed by atoms with E-state index < -0.39 is 0 Å². The molecular weight excluding hydrogens is 436 g/mol. The molecule has 4 rings (SSSR count). The van der Waals surface area contributed by atoms with E-state index >= 15 is 0 Å². The van der Waals surface area contributed by atoms with E-state index in [1.54, 1.807) is 0 Å². The van der Waals surface area contributed by atoms with E-state index in [1.165, 1.54) is 0 Å². The van der Waals surface area contributed by atoms with Crippen molar-refractivity contribution < 1.29 is 14.3 Å². The van der Waals surface area contributed by atoms with Gasteiger partial charge in [0.15, 0.2) is 0 Å². The van der Waals surface area contributed by atoms with Gasteiger partial charge in [0.2, 0.25) is 0 Å². The number of nitrogens with zero attached hydrogens (tertiary/aromatic N) is 1. The lowest BCUT2D eigenvalue weighted by atomic mass is 10.1. The number of carbonyl (C=O) groups excluding carboxylic acids is 1. The highest BCUT2D eigenvalue weighted by atomic mass is 16.5. The second-order valence-corrected chi connectivity index (χ2v) is 8.20. The Morgan fingerprint density at radius 3 is 2.06 bits per heavy atom. The number of rotatable bonds is 11. The van der Waals surface area contributed by atoms with Crippen LogP contribution in [0.4, 0.5) is 0 Å². The summed E-state index contributed by atoms with van der Waals surface area (Å²) in [6.07, 6.45) is 0.716. The molecule has 5 heteroatoms. The van der Waals surface area contributed by atoms with Crippen LogP contribution in [0.3, 0.4) is 0 Å². The average Bonchev–Trinajstić information content (AvgIpc) is 2.92. The number of hydrogen-bond donors (Lipinski definition) is 1. The summed E-state index contributed by atoms with van der Waals surface area (Å²) in [7, 11) is 0. The third kappa shape index (κ3) is 6.95. The van der Waals surface area contributed by atoms with Gasteiger partial charge in [-0.05, 0) is 60.5 Å². The molecule has 0 radical (unpaired) electrons. The highest BCUT2D eigenvalue weighted by Crippen LogP contribution is 2.24. The molecule has 2 N–H and O–H groups in total. The lowest BCUT2D eigenvalue weighted by Crippen LogP contribution is -2.32. The topological polar surface area (TPSA) is 64.8 Å². The van der Waals surface area contributed by atoms with Gasteiger partial charge >= 0.3 is 0 Å². The van der Waals surface area contributed by atoms with Crippen LogP contribution in [0.15, 0.2) is 109 Å². The third-order valence-electron chi connectivity index (χ3n) is 5.55. The van der Waals surface area contributed by atoms with Crippen LogP contribution in [0.1, 0.15) is 27.9 Å². The zero-order chi connectivity index (χ0) is 24.3. The van der Waals surface area contributed by atoms with Crippen LogP contribution in [-0.4, -0.2) is 23.9 Å². The van der Waals surface area contributed by atoms with Gasteiger partial charge in [-0.25, -0.2) is 0 Å². The van der Waals surface area contributed by atoms with Gasteiger partial charge in [-0.3, -0.25) is 4.79 Å². The van der Waals surface area contributed by atoms with E-state index in [1.807, 2.05) is 114 Å². The van der Waals surface area contributed by atoms with Gasteiger partial charge in [-0.2, -0.15) is 0 Å². The van der Waals surface area contributed by atoms with Crippen LogP contribution in [0.2, 0.25) is 0 Å². The minimum atomic E-state index is -0.0771. The Bertz CT molecular complexity index is 1200. The monoisotopic (exact) mass is 466 g/mol. The maximum absolute atomic E-state index is 13.6. The normalized spacial score (nSPS) is 10.5. The standard InChI is InChI=1S/C30H30N2O3/c31-20-9-21-32(22-24-16-18-27(19-17-24)35-26-12-5-2-6-13-26)30(33)28-14-7-8-15-29(28)34-23-25-10-3-1-4-11-25/h1-8,10-19H,9,20-23,31H2. The maximum atomic E-state index is 13.6. The van der Waals surface area contributed by atoms with Gasteiger partial charge in [0, 0.05) is 13.1 Å². The molecule has 0 unspecified atom stereocenters. The Morgan fingerprint density at radius 2 is 1.34 bits per heavy atom. The lowest BCUT2D eigenvalue weighted by Gasteiger charge is -2.24. The van der Waals surface area contributed by atoms with Gasteiger partial charge in [-0.1, -0.05) is 72.8 Å². The van der Waals surface area contributed by atoms with E-state index in [0.29, 0.717) is 44.0 Å². The molecule has 0 spiro atoms. The molecule has 4 aromatic rings. The Labute approximate surface area is 206 Å². The largest absolute Gasteiger partial charge is 0.488 e. The van der Waals surface area contributed by atoms with Crippen molar-refractivity contribution in [2.45, 2.75) is 19.6 Å². The van der Waals surface area contributed by atoms with Crippen molar-refractivity contribution in [3.8, 4) is 17.2 Å². The summed E-state index contributed by atoms with van der Waals surface area (Å²) < 4.78 is 11.9. The molecule has 0 heterocycles. The lowest BCUT2D eigenvalue weighted by molar-refractivity contribution is 0.0737. The number of carbonyl (C=O) groups is 1. The number of ether oxygens (including phenoxy) is 2. The van der Waals surface area contributed by atoms with Crippen LogP contribution in [0.25, 0.3) is 0 Å². The average molecular weight is 467 g/mol. The number of hydrogen-bond acceptors (Lipinski definition) is 4. The first-order chi connectivity index (χ1) is 17.2. The summed E-state index contributed by atoms with van der Waals surface area (Å²) in [5, 5.41) is 0. The second kappa shape index (κ2) is 12.4. The summed E-state index contributed by atoms with van der Waals surface area (Å²) in [4.78, 5) is 15.4. The summed E-state index contributed by atoms with van der Waals surface area (Å²) in [5.41, 5.74) is 8.37. The fraction of sp³-hybridized carbons (Fsp3) is 0.167. The first-order valence-corrected chi connectivity index (χ1v) is 11.8. The third-order valence-corrected chi connectivity index (χ3v) is 5.55.